The summed E-state index contributed by atoms with van der Waals surface area (Å²) in [6.07, 6.45) is 0. The largest absolute Gasteiger partial charge is 0.507 e. The molecule has 1 aliphatic rings. The van der Waals surface area contributed by atoms with Crippen LogP contribution in [0.4, 0.5) is 4.39 Å². The molecule has 0 aliphatic carbocycles. The van der Waals surface area contributed by atoms with Gasteiger partial charge < -0.3 is 10.4 Å². The Morgan fingerprint density at radius 3 is 2.38 bits per heavy atom. The third-order valence-corrected chi connectivity index (χ3v) is 4.52. The van der Waals surface area contributed by atoms with Gasteiger partial charge in [0, 0.05) is 5.56 Å². The lowest BCUT2D eigenvalue weighted by Crippen LogP contribution is -2.21. The van der Waals surface area contributed by atoms with Crippen molar-refractivity contribution in [2.75, 3.05) is 0 Å². The molecule has 2 N–H and O–H groups in total. The van der Waals surface area contributed by atoms with Crippen molar-refractivity contribution in [1.82, 2.24) is 5.32 Å². The van der Waals surface area contributed by atoms with Crippen LogP contribution in [0.1, 0.15) is 17.2 Å². The van der Waals surface area contributed by atoms with Crippen LogP contribution in [0.2, 0.25) is 0 Å². The number of rotatable bonds is 2. The molecule has 3 aromatic carbocycles. The van der Waals surface area contributed by atoms with Gasteiger partial charge in [-0.3, -0.25) is 9.59 Å². The first-order chi connectivity index (χ1) is 12.6. The third-order valence-electron chi connectivity index (χ3n) is 4.52. The van der Waals surface area contributed by atoms with Gasteiger partial charge in [-0.2, -0.15) is 0 Å². The van der Waals surface area contributed by atoms with E-state index in [1.54, 1.807) is 0 Å². The number of hydrogen-bond donors (Lipinski definition) is 2. The Morgan fingerprint density at radius 2 is 1.62 bits per heavy atom. The van der Waals surface area contributed by atoms with E-state index in [9.17, 15) is 19.1 Å². The Balaban J connectivity index is 1.92. The molecule has 1 heterocycles. The van der Waals surface area contributed by atoms with E-state index in [1.807, 2.05) is 42.5 Å². The van der Waals surface area contributed by atoms with Crippen LogP contribution in [0.15, 0.2) is 72.3 Å². The Hall–Kier alpha value is -3.47. The molecule has 0 aromatic heterocycles. The summed E-state index contributed by atoms with van der Waals surface area (Å²) in [5.41, 5.74) is 0.959. The number of Topliss-reactive ketones (excluding diaryl/α,β-unsaturated/α-hetero) is 1. The molecule has 0 radical (unpaired) electrons. The summed E-state index contributed by atoms with van der Waals surface area (Å²) in [6, 6.07) is 17.5. The number of fused-ring (bicyclic) bond motifs is 1. The van der Waals surface area contributed by atoms with Crippen LogP contribution < -0.4 is 5.32 Å². The number of halogens is 1. The van der Waals surface area contributed by atoms with Gasteiger partial charge in [0.15, 0.2) is 0 Å². The minimum Gasteiger partial charge on any atom is -0.507 e. The molecule has 1 atom stereocenters. The fraction of sp³-hybridized carbons (Fsp3) is 0.0476. The predicted octanol–water partition coefficient (Wildman–Crippen LogP) is 3.69. The van der Waals surface area contributed by atoms with Crippen LogP contribution in [-0.2, 0) is 9.59 Å². The molecular weight excluding hydrogens is 333 g/mol. The second-order valence-electron chi connectivity index (χ2n) is 6.07. The molecule has 1 saturated heterocycles. The summed E-state index contributed by atoms with van der Waals surface area (Å²) < 4.78 is 13.2. The Kier molecular flexibility index (Phi) is 3.77. The molecular formula is C21H14FNO3. The van der Waals surface area contributed by atoms with Crippen molar-refractivity contribution >= 4 is 28.2 Å². The van der Waals surface area contributed by atoms with Crippen molar-refractivity contribution in [1.29, 1.82) is 0 Å². The quantitative estimate of drug-likeness (QED) is 0.422. The minimum absolute atomic E-state index is 0.0297. The highest BCUT2D eigenvalue weighted by atomic mass is 19.1. The zero-order chi connectivity index (χ0) is 18.3. The molecule has 1 fully saturated rings. The molecule has 0 saturated carbocycles. The van der Waals surface area contributed by atoms with Crippen LogP contribution >= 0.6 is 0 Å². The maximum absolute atomic E-state index is 13.2. The van der Waals surface area contributed by atoms with E-state index >= 15 is 0 Å². The first kappa shape index (κ1) is 16.0. The summed E-state index contributed by atoms with van der Waals surface area (Å²) in [4.78, 5) is 24.4. The van der Waals surface area contributed by atoms with Crippen LogP contribution in [0, 0.1) is 5.82 Å². The summed E-state index contributed by atoms with van der Waals surface area (Å²) in [6.45, 7) is 0. The van der Waals surface area contributed by atoms with Crippen molar-refractivity contribution in [3.05, 3.63) is 89.2 Å². The zero-order valence-corrected chi connectivity index (χ0v) is 13.6. The van der Waals surface area contributed by atoms with Gasteiger partial charge in [0.1, 0.15) is 11.6 Å². The molecule has 1 amide bonds. The van der Waals surface area contributed by atoms with E-state index in [0.717, 1.165) is 10.8 Å². The number of benzene rings is 3. The summed E-state index contributed by atoms with van der Waals surface area (Å²) in [5.74, 6) is -2.34. The second-order valence-corrected chi connectivity index (χ2v) is 6.07. The van der Waals surface area contributed by atoms with Crippen LogP contribution in [0.25, 0.3) is 16.5 Å². The van der Waals surface area contributed by atoms with Crippen LogP contribution in [0.3, 0.4) is 0 Å². The zero-order valence-electron chi connectivity index (χ0n) is 13.6. The van der Waals surface area contributed by atoms with E-state index in [-0.39, 0.29) is 16.9 Å². The number of nitrogens with one attached hydrogen (secondary N) is 1. The summed E-state index contributed by atoms with van der Waals surface area (Å²) >= 11 is 0. The number of carbonyl (C=O) groups is 2. The molecule has 0 bridgehead atoms. The number of amides is 1. The van der Waals surface area contributed by atoms with Crippen molar-refractivity contribution in [3.63, 3.8) is 0 Å². The molecule has 1 aliphatic heterocycles. The standard InChI is InChI=1S/C21H14FNO3/c22-14-10-8-13(9-11-14)19(24)17-18(23-21(26)20(17)25)16-7-3-5-12-4-1-2-6-15(12)16/h1-11,18,24H,(H,23,26)/b19-17-. The monoisotopic (exact) mass is 347 g/mol. The highest BCUT2D eigenvalue weighted by Crippen LogP contribution is 2.36. The lowest BCUT2D eigenvalue weighted by molar-refractivity contribution is -0.133. The Morgan fingerprint density at radius 1 is 0.923 bits per heavy atom. The molecule has 4 rings (SSSR count). The Bertz CT molecular complexity index is 1060. The fourth-order valence-corrected chi connectivity index (χ4v) is 3.27. The summed E-state index contributed by atoms with van der Waals surface area (Å²) in [5, 5.41) is 15.1. The first-order valence-electron chi connectivity index (χ1n) is 8.08. The van der Waals surface area contributed by atoms with E-state index in [2.05, 4.69) is 5.32 Å². The van der Waals surface area contributed by atoms with Crippen LogP contribution in [-0.4, -0.2) is 16.8 Å². The van der Waals surface area contributed by atoms with Crippen molar-refractivity contribution in [2.24, 2.45) is 0 Å². The number of aliphatic hydroxyl groups is 1. The smallest absolute Gasteiger partial charge is 0.293 e. The lowest BCUT2D eigenvalue weighted by atomic mass is 9.92. The topological polar surface area (TPSA) is 66.4 Å². The Labute approximate surface area is 148 Å². The normalized spacial score (nSPS) is 18.9. The SMILES string of the molecule is O=C1NC(c2cccc3ccccc23)/C(=C(/O)c2ccc(F)cc2)C1=O. The number of ketones is 1. The first-order valence-corrected chi connectivity index (χ1v) is 8.08. The van der Waals surface area contributed by atoms with Gasteiger partial charge in [-0.1, -0.05) is 42.5 Å². The van der Waals surface area contributed by atoms with E-state index in [1.165, 1.54) is 24.3 Å². The van der Waals surface area contributed by atoms with E-state index in [4.69, 9.17) is 0 Å². The number of carbonyl (C=O) groups excluding carboxylic acids is 2. The van der Waals surface area contributed by atoms with E-state index < -0.39 is 23.5 Å². The van der Waals surface area contributed by atoms with Crippen molar-refractivity contribution in [2.45, 2.75) is 6.04 Å². The lowest BCUT2D eigenvalue weighted by Gasteiger charge is -2.16. The average molecular weight is 347 g/mol. The van der Waals surface area contributed by atoms with Gasteiger partial charge in [0.25, 0.3) is 11.7 Å². The highest BCUT2D eigenvalue weighted by molar-refractivity contribution is 6.46. The predicted molar refractivity (Wildman–Crippen MR) is 95.8 cm³/mol. The van der Waals surface area contributed by atoms with Crippen molar-refractivity contribution < 1.29 is 19.1 Å². The van der Waals surface area contributed by atoms with Gasteiger partial charge in [-0.15, -0.1) is 0 Å². The molecule has 128 valence electrons. The minimum atomic E-state index is -0.787. The van der Waals surface area contributed by atoms with Gasteiger partial charge in [-0.25, -0.2) is 4.39 Å². The molecule has 5 heteroatoms. The maximum Gasteiger partial charge on any atom is 0.293 e. The molecule has 1 unspecified atom stereocenters. The van der Waals surface area contributed by atoms with Gasteiger partial charge in [0.2, 0.25) is 0 Å². The van der Waals surface area contributed by atoms with E-state index in [0.29, 0.717) is 5.56 Å². The second kappa shape index (κ2) is 6.11. The molecule has 4 nitrogen and oxygen atoms in total. The molecule has 0 spiro atoms. The molecule has 26 heavy (non-hydrogen) atoms. The van der Waals surface area contributed by atoms with Gasteiger partial charge in [-0.05, 0) is 40.6 Å². The number of aliphatic hydroxyl groups excluding tert-OH is 1. The van der Waals surface area contributed by atoms with Gasteiger partial charge in [0.05, 0.1) is 11.6 Å². The summed E-state index contributed by atoms with van der Waals surface area (Å²) in [7, 11) is 0. The van der Waals surface area contributed by atoms with Crippen molar-refractivity contribution in [3.8, 4) is 0 Å². The fourth-order valence-electron chi connectivity index (χ4n) is 3.27. The number of hydrogen-bond acceptors (Lipinski definition) is 3. The third kappa shape index (κ3) is 2.54. The highest BCUT2D eigenvalue weighted by Gasteiger charge is 2.40. The van der Waals surface area contributed by atoms with Crippen LogP contribution in [0.5, 0.6) is 0 Å². The average Bonchev–Trinajstić information content (AvgIpc) is 2.96. The maximum atomic E-state index is 13.2. The molecule has 3 aromatic rings. The van der Waals surface area contributed by atoms with Gasteiger partial charge >= 0.3 is 0 Å².